The number of ether oxygens (including phenoxy) is 1. The van der Waals surface area contributed by atoms with E-state index in [1.54, 1.807) is 42.5 Å². The molecule has 7 heteroatoms. The molecular weight excluding hydrogens is 318 g/mol. The van der Waals surface area contributed by atoms with Crippen molar-refractivity contribution in [3.63, 3.8) is 0 Å². The fourth-order valence-electron chi connectivity index (χ4n) is 2.15. The van der Waals surface area contributed by atoms with Gasteiger partial charge in [0.05, 0.1) is 24.1 Å². The largest absolute Gasteiger partial charge is 0.493 e. The highest BCUT2D eigenvalue weighted by atomic mass is 35.5. The maximum atomic E-state index is 11.9. The van der Waals surface area contributed by atoms with Crippen molar-refractivity contribution in [1.82, 2.24) is 9.97 Å². The van der Waals surface area contributed by atoms with Gasteiger partial charge in [-0.05, 0) is 36.4 Å². The minimum Gasteiger partial charge on any atom is -0.493 e. The minimum absolute atomic E-state index is 0.177. The maximum Gasteiger partial charge on any atom is 0.323 e. The van der Waals surface area contributed by atoms with Crippen LogP contribution in [0.1, 0.15) is 6.42 Å². The molecule has 0 saturated heterocycles. The molecule has 0 aliphatic carbocycles. The van der Waals surface area contributed by atoms with Gasteiger partial charge in [-0.25, -0.2) is 4.79 Å². The predicted octanol–water partition coefficient (Wildman–Crippen LogP) is 2.92. The Morgan fingerprint density at radius 3 is 2.78 bits per heavy atom. The van der Waals surface area contributed by atoms with Crippen molar-refractivity contribution in [2.45, 2.75) is 6.42 Å². The SMILES string of the molecule is O=C(CCOc1cccc(Cl)c1)Nc1ccc2[nH]c(=O)[nH]c2c1. The number of H-pyrrole nitrogens is 2. The number of aromatic nitrogens is 2. The van der Waals surface area contributed by atoms with Crippen LogP contribution in [0.3, 0.4) is 0 Å². The standard InChI is InChI=1S/C16H14ClN3O3/c17-10-2-1-3-12(8-10)23-7-6-15(21)18-11-4-5-13-14(9-11)20-16(22)19-13/h1-5,8-9H,6-7H2,(H,18,21)(H2,19,20,22). The number of nitrogens with one attached hydrogen (secondary N) is 3. The van der Waals surface area contributed by atoms with Crippen LogP contribution in [-0.2, 0) is 4.79 Å². The van der Waals surface area contributed by atoms with Crippen LogP contribution in [0.25, 0.3) is 11.0 Å². The van der Waals surface area contributed by atoms with Crippen LogP contribution >= 0.6 is 11.6 Å². The molecule has 0 saturated carbocycles. The number of halogens is 1. The summed E-state index contributed by atoms with van der Waals surface area (Å²) in [6, 6.07) is 12.2. The second kappa shape index (κ2) is 6.58. The third-order valence-electron chi connectivity index (χ3n) is 3.19. The Morgan fingerprint density at radius 2 is 1.96 bits per heavy atom. The summed E-state index contributed by atoms with van der Waals surface area (Å²) in [7, 11) is 0. The van der Waals surface area contributed by atoms with Crippen LogP contribution in [0.2, 0.25) is 5.02 Å². The van der Waals surface area contributed by atoms with E-state index in [0.717, 1.165) is 0 Å². The second-order valence-corrected chi connectivity index (χ2v) is 5.38. The van der Waals surface area contributed by atoms with Crippen molar-refractivity contribution in [2.75, 3.05) is 11.9 Å². The number of rotatable bonds is 5. The molecule has 0 bridgehead atoms. The summed E-state index contributed by atoms with van der Waals surface area (Å²) in [5, 5.41) is 3.34. The zero-order valence-electron chi connectivity index (χ0n) is 12.1. The Morgan fingerprint density at radius 1 is 1.13 bits per heavy atom. The Bertz CT molecular complexity index is 901. The summed E-state index contributed by atoms with van der Waals surface area (Å²) in [6.45, 7) is 0.245. The van der Waals surface area contributed by atoms with Gasteiger partial charge in [-0.15, -0.1) is 0 Å². The molecule has 0 spiro atoms. The normalized spacial score (nSPS) is 10.7. The molecule has 3 aromatic rings. The first-order chi connectivity index (χ1) is 11.1. The van der Waals surface area contributed by atoms with Gasteiger partial charge in [-0.2, -0.15) is 0 Å². The smallest absolute Gasteiger partial charge is 0.323 e. The Hall–Kier alpha value is -2.73. The molecule has 2 aromatic carbocycles. The van der Waals surface area contributed by atoms with E-state index in [4.69, 9.17) is 16.3 Å². The first kappa shape index (κ1) is 15.2. The maximum absolute atomic E-state index is 11.9. The topological polar surface area (TPSA) is 87.0 Å². The highest BCUT2D eigenvalue weighted by Gasteiger charge is 2.05. The molecular formula is C16H14ClN3O3. The zero-order valence-corrected chi connectivity index (χ0v) is 12.8. The second-order valence-electron chi connectivity index (χ2n) is 4.94. The van der Waals surface area contributed by atoms with Gasteiger partial charge in [0.15, 0.2) is 0 Å². The Balaban J connectivity index is 1.54. The van der Waals surface area contributed by atoms with Crippen molar-refractivity contribution in [3.8, 4) is 5.75 Å². The first-order valence-corrected chi connectivity index (χ1v) is 7.38. The molecule has 0 unspecified atom stereocenters. The van der Waals surface area contributed by atoms with Crippen molar-refractivity contribution >= 4 is 34.2 Å². The molecule has 118 valence electrons. The molecule has 23 heavy (non-hydrogen) atoms. The third-order valence-corrected chi connectivity index (χ3v) is 3.43. The fourth-order valence-corrected chi connectivity index (χ4v) is 2.33. The lowest BCUT2D eigenvalue weighted by Gasteiger charge is -2.07. The molecule has 0 aliphatic heterocycles. The lowest BCUT2D eigenvalue weighted by molar-refractivity contribution is -0.116. The summed E-state index contributed by atoms with van der Waals surface area (Å²) < 4.78 is 5.47. The van der Waals surface area contributed by atoms with Crippen molar-refractivity contribution < 1.29 is 9.53 Å². The number of amides is 1. The number of carbonyl (C=O) groups excluding carboxylic acids is 1. The Labute approximate surface area is 136 Å². The molecule has 1 heterocycles. The van der Waals surface area contributed by atoms with Gasteiger partial charge in [-0.1, -0.05) is 17.7 Å². The molecule has 6 nitrogen and oxygen atoms in total. The zero-order chi connectivity index (χ0) is 16.2. The van der Waals surface area contributed by atoms with E-state index in [1.807, 2.05) is 0 Å². The first-order valence-electron chi connectivity index (χ1n) is 7.00. The van der Waals surface area contributed by atoms with Crippen LogP contribution < -0.4 is 15.7 Å². The molecule has 0 radical (unpaired) electrons. The number of aromatic amines is 2. The fraction of sp³-hybridized carbons (Fsp3) is 0.125. The molecule has 1 aromatic heterocycles. The summed E-state index contributed by atoms with van der Waals surface area (Å²) >= 11 is 5.86. The van der Waals surface area contributed by atoms with E-state index < -0.39 is 0 Å². The van der Waals surface area contributed by atoms with Gasteiger partial charge in [-0.3, -0.25) is 4.79 Å². The molecule has 1 amide bonds. The van der Waals surface area contributed by atoms with E-state index in [2.05, 4.69) is 15.3 Å². The van der Waals surface area contributed by atoms with Crippen LogP contribution in [0, 0.1) is 0 Å². The van der Waals surface area contributed by atoms with Gasteiger partial charge < -0.3 is 20.0 Å². The predicted molar refractivity (Wildman–Crippen MR) is 89.1 cm³/mol. The quantitative estimate of drug-likeness (QED) is 0.671. The summed E-state index contributed by atoms with van der Waals surface area (Å²) in [5.74, 6) is 0.445. The lowest BCUT2D eigenvalue weighted by Crippen LogP contribution is -2.15. The van der Waals surface area contributed by atoms with E-state index in [-0.39, 0.29) is 24.6 Å². The number of carbonyl (C=O) groups is 1. The summed E-state index contributed by atoms with van der Waals surface area (Å²) in [6.07, 6.45) is 0.203. The average molecular weight is 332 g/mol. The molecule has 3 N–H and O–H groups in total. The highest BCUT2D eigenvalue weighted by Crippen LogP contribution is 2.17. The van der Waals surface area contributed by atoms with Crippen LogP contribution in [0.15, 0.2) is 47.3 Å². The van der Waals surface area contributed by atoms with Gasteiger partial charge >= 0.3 is 5.69 Å². The molecule has 0 aliphatic rings. The summed E-state index contributed by atoms with van der Waals surface area (Å²) in [5.41, 5.74) is 1.67. The number of benzene rings is 2. The van der Waals surface area contributed by atoms with E-state index in [1.165, 1.54) is 0 Å². The summed E-state index contributed by atoms with van der Waals surface area (Å²) in [4.78, 5) is 28.4. The van der Waals surface area contributed by atoms with Crippen molar-refractivity contribution in [2.24, 2.45) is 0 Å². The minimum atomic E-state index is -0.279. The molecule has 0 atom stereocenters. The van der Waals surface area contributed by atoms with Gasteiger partial charge in [0.25, 0.3) is 0 Å². The van der Waals surface area contributed by atoms with Gasteiger partial charge in [0, 0.05) is 10.7 Å². The van der Waals surface area contributed by atoms with Crippen LogP contribution in [-0.4, -0.2) is 22.5 Å². The van der Waals surface area contributed by atoms with Gasteiger partial charge in [0.1, 0.15) is 5.75 Å². The van der Waals surface area contributed by atoms with E-state index >= 15 is 0 Å². The van der Waals surface area contributed by atoms with Crippen LogP contribution in [0.4, 0.5) is 5.69 Å². The number of anilines is 1. The molecule has 3 rings (SSSR count). The number of imidazole rings is 1. The van der Waals surface area contributed by atoms with Crippen LogP contribution in [0.5, 0.6) is 5.75 Å². The van der Waals surface area contributed by atoms with Crippen molar-refractivity contribution in [3.05, 3.63) is 58.0 Å². The number of hydrogen-bond donors (Lipinski definition) is 3. The molecule has 0 fully saturated rings. The van der Waals surface area contributed by atoms with Gasteiger partial charge in [0.2, 0.25) is 5.91 Å². The van der Waals surface area contributed by atoms with E-state index in [9.17, 15) is 9.59 Å². The monoisotopic (exact) mass is 331 g/mol. The average Bonchev–Trinajstić information content (AvgIpc) is 2.86. The number of fused-ring (bicyclic) bond motifs is 1. The Kier molecular flexibility index (Phi) is 4.34. The van der Waals surface area contributed by atoms with Crippen molar-refractivity contribution in [1.29, 1.82) is 0 Å². The van der Waals surface area contributed by atoms with E-state index in [0.29, 0.717) is 27.5 Å². The lowest BCUT2D eigenvalue weighted by atomic mass is 10.2. The third kappa shape index (κ3) is 3.92. The number of hydrogen-bond acceptors (Lipinski definition) is 3. The highest BCUT2D eigenvalue weighted by molar-refractivity contribution is 6.30.